The second-order valence-corrected chi connectivity index (χ2v) is 8.35. The van der Waals surface area contributed by atoms with E-state index in [1.165, 1.54) is 0 Å². The zero-order valence-electron chi connectivity index (χ0n) is 11.3. The van der Waals surface area contributed by atoms with Gasteiger partial charge in [-0.05, 0) is 32.7 Å². The molecule has 2 atom stereocenters. The lowest BCUT2D eigenvalue weighted by molar-refractivity contribution is 0.293. The van der Waals surface area contributed by atoms with E-state index in [4.69, 9.17) is 0 Å². The van der Waals surface area contributed by atoms with Crippen LogP contribution in [0.2, 0.25) is 0 Å². The Morgan fingerprint density at radius 1 is 1.13 bits per heavy atom. The summed E-state index contributed by atoms with van der Waals surface area (Å²) in [6.07, 6.45) is 0. The molecule has 1 N–H and O–H groups in total. The summed E-state index contributed by atoms with van der Waals surface area (Å²) < 4.78 is 12.0. The molecule has 0 aromatic heterocycles. The molecule has 92 valence electrons. The molecule has 3 heteroatoms. The molecule has 2 nitrogen and oxygen atoms in total. The molecule has 0 aliphatic heterocycles. The number of hydrogen-bond donors (Lipinski definition) is 1. The molecule has 0 fully saturated rings. The SMILES string of the molecule is CCNC(CS(=O)C(C)(C)C)C(C)(C)C. The molecule has 0 aliphatic rings. The van der Waals surface area contributed by atoms with Gasteiger partial charge in [0.05, 0.1) is 0 Å². The summed E-state index contributed by atoms with van der Waals surface area (Å²) >= 11 is 0. The van der Waals surface area contributed by atoms with E-state index in [9.17, 15) is 4.21 Å². The number of nitrogens with one attached hydrogen (secondary N) is 1. The lowest BCUT2D eigenvalue weighted by Gasteiger charge is -2.33. The second-order valence-electron chi connectivity index (χ2n) is 6.10. The third kappa shape index (κ3) is 5.67. The predicted octanol–water partition coefficient (Wildman–Crippen LogP) is 2.56. The van der Waals surface area contributed by atoms with Crippen molar-refractivity contribution >= 4 is 10.8 Å². The van der Waals surface area contributed by atoms with Crippen LogP contribution < -0.4 is 5.32 Å². The molecule has 0 heterocycles. The third-order valence-electron chi connectivity index (χ3n) is 2.50. The van der Waals surface area contributed by atoms with Crippen LogP contribution in [0.1, 0.15) is 48.5 Å². The van der Waals surface area contributed by atoms with Gasteiger partial charge in [0.15, 0.2) is 0 Å². The molecule has 0 saturated heterocycles. The summed E-state index contributed by atoms with van der Waals surface area (Å²) in [5, 5.41) is 3.43. The zero-order valence-corrected chi connectivity index (χ0v) is 12.1. The van der Waals surface area contributed by atoms with Crippen molar-refractivity contribution in [1.29, 1.82) is 0 Å². The van der Waals surface area contributed by atoms with Gasteiger partial charge >= 0.3 is 0 Å². The van der Waals surface area contributed by atoms with Gasteiger partial charge in [-0.15, -0.1) is 0 Å². The molecular formula is C12H27NOS. The van der Waals surface area contributed by atoms with E-state index in [0.717, 1.165) is 12.3 Å². The maximum Gasteiger partial charge on any atom is 0.0399 e. The van der Waals surface area contributed by atoms with Crippen LogP contribution in [0.3, 0.4) is 0 Å². The lowest BCUT2D eigenvalue weighted by Crippen LogP contribution is -2.46. The van der Waals surface area contributed by atoms with E-state index < -0.39 is 10.8 Å². The van der Waals surface area contributed by atoms with Crippen molar-refractivity contribution in [3.05, 3.63) is 0 Å². The molecule has 0 aromatic rings. The van der Waals surface area contributed by atoms with Crippen molar-refractivity contribution < 1.29 is 4.21 Å². The maximum atomic E-state index is 12.1. The quantitative estimate of drug-likeness (QED) is 0.808. The Labute approximate surface area is 97.7 Å². The fourth-order valence-electron chi connectivity index (χ4n) is 1.26. The van der Waals surface area contributed by atoms with Gasteiger partial charge in [0.1, 0.15) is 0 Å². The lowest BCUT2D eigenvalue weighted by atomic mass is 9.88. The van der Waals surface area contributed by atoms with Gasteiger partial charge in [-0.3, -0.25) is 4.21 Å². The average molecular weight is 233 g/mol. The van der Waals surface area contributed by atoms with E-state index in [1.54, 1.807) is 0 Å². The normalized spacial score (nSPS) is 17.5. The van der Waals surface area contributed by atoms with E-state index in [-0.39, 0.29) is 10.2 Å². The van der Waals surface area contributed by atoms with Crippen molar-refractivity contribution in [3.63, 3.8) is 0 Å². The van der Waals surface area contributed by atoms with Gasteiger partial charge in [-0.1, -0.05) is 27.7 Å². The molecule has 0 saturated carbocycles. The summed E-state index contributed by atoms with van der Waals surface area (Å²) in [4.78, 5) is 0. The molecule has 15 heavy (non-hydrogen) atoms. The first kappa shape index (κ1) is 15.1. The monoisotopic (exact) mass is 233 g/mol. The first-order valence-corrected chi connectivity index (χ1v) is 7.02. The fourth-order valence-corrected chi connectivity index (χ4v) is 2.68. The minimum atomic E-state index is -0.778. The highest BCUT2D eigenvalue weighted by molar-refractivity contribution is 7.86. The van der Waals surface area contributed by atoms with Crippen LogP contribution in [0.15, 0.2) is 0 Å². The van der Waals surface area contributed by atoms with Crippen molar-refractivity contribution in [2.24, 2.45) is 5.41 Å². The fraction of sp³-hybridized carbons (Fsp3) is 1.00. The van der Waals surface area contributed by atoms with Crippen molar-refractivity contribution in [3.8, 4) is 0 Å². The topological polar surface area (TPSA) is 29.1 Å². The van der Waals surface area contributed by atoms with Gasteiger partial charge in [-0.25, -0.2) is 0 Å². The van der Waals surface area contributed by atoms with E-state index in [0.29, 0.717) is 6.04 Å². The van der Waals surface area contributed by atoms with Crippen molar-refractivity contribution in [2.45, 2.75) is 59.3 Å². The van der Waals surface area contributed by atoms with Crippen LogP contribution in [0.5, 0.6) is 0 Å². The molecule has 0 aromatic carbocycles. The van der Waals surface area contributed by atoms with Gasteiger partial charge < -0.3 is 5.32 Å². The Balaban J connectivity index is 4.50. The van der Waals surface area contributed by atoms with Gasteiger partial charge in [-0.2, -0.15) is 0 Å². The Kier molecular flexibility index (Phi) is 5.48. The number of rotatable bonds is 4. The van der Waals surface area contributed by atoms with Crippen LogP contribution in [0.4, 0.5) is 0 Å². The van der Waals surface area contributed by atoms with Crippen molar-refractivity contribution in [1.82, 2.24) is 5.32 Å². The molecule has 0 amide bonds. The highest BCUT2D eigenvalue weighted by Crippen LogP contribution is 2.22. The van der Waals surface area contributed by atoms with E-state index in [1.807, 2.05) is 20.8 Å². The summed E-state index contributed by atoms with van der Waals surface area (Å²) in [6, 6.07) is 0.322. The van der Waals surface area contributed by atoms with E-state index in [2.05, 4.69) is 33.0 Å². The highest BCUT2D eigenvalue weighted by atomic mass is 32.2. The van der Waals surface area contributed by atoms with E-state index >= 15 is 0 Å². The average Bonchev–Trinajstić information content (AvgIpc) is 1.99. The largest absolute Gasteiger partial charge is 0.313 e. The Morgan fingerprint density at radius 3 is 1.87 bits per heavy atom. The molecule has 2 unspecified atom stereocenters. The third-order valence-corrected chi connectivity index (χ3v) is 4.50. The molecular weight excluding hydrogens is 206 g/mol. The summed E-state index contributed by atoms with van der Waals surface area (Å²) in [5.74, 6) is 0.737. The molecule has 0 rings (SSSR count). The van der Waals surface area contributed by atoms with Gasteiger partial charge in [0.2, 0.25) is 0 Å². The van der Waals surface area contributed by atoms with Crippen LogP contribution in [0.25, 0.3) is 0 Å². The first-order chi connectivity index (χ1) is 6.59. The van der Waals surface area contributed by atoms with Crippen LogP contribution in [-0.4, -0.2) is 27.3 Å². The van der Waals surface area contributed by atoms with Gasteiger partial charge in [0, 0.05) is 27.3 Å². The number of hydrogen-bond acceptors (Lipinski definition) is 2. The van der Waals surface area contributed by atoms with Crippen LogP contribution in [0, 0.1) is 5.41 Å². The maximum absolute atomic E-state index is 12.1. The molecule has 0 spiro atoms. The summed E-state index contributed by atoms with van der Waals surface area (Å²) in [6.45, 7) is 15.7. The smallest absolute Gasteiger partial charge is 0.0399 e. The molecule has 0 bridgehead atoms. The predicted molar refractivity (Wildman–Crippen MR) is 69.7 cm³/mol. The molecule has 0 aliphatic carbocycles. The summed E-state index contributed by atoms with van der Waals surface area (Å²) in [5.41, 5.74) is 0.164. The Morgan fingerprint density at radius 2 is 1.60 bits per heavy atom. The molecule has 0 radical (unpaired) electrons. The van der Waals surface area contributed by atoms with Gasteiger partial charge in [0.25, 0.3) is 0 Å². The Hall–Kier alpha value is 0.110. The minimum absolute atomic E-state index is 0.112. The summed E-state index contributed by atoms with van der Waals surface area (Å²) in [7, 11) is -0.778. The second kappa shape index (κ2) is 5.44. The highest BCUT2D eigenvalue weighted by Gasteiger charge is 2.29. The zero-order chi connectivity index (χ0) is 12.3. The van der Waals surface area contributed by atoms with Crippen LogP contribution >= 0.6 is 0 Å². The first-order valence-electron chi connectivity index (χ1n) is 5.71. The minimum Gasteiger partial charge on any atom is -0.313 e. The van der Waals surface area contributed by atoms with Crippen molar-refractivity contribution in [2.75, 3.05) is 12.3 Å². The van der Waals surface area contributed by atoms with Crippen LogP contribution in [-0.2, 0) is 10.8 Å². The Bertz CT molecular complexity index is 213. The standard InChI is InChI=1S/C12H27NOS/c1-8-13-10(11(2,3)4)9-15(14)12(5,6)7/h10,13H,8-9H2,1-7H3.